The van der Waals surface area contributed by atoms with Gasteiger partial charge in [0.25, 0.3) is 5.91 Å². The van der Waals surface area contributed by atoms with Gasteiger partial charge in [-0.15, -0.1) is 0 Å². The molecule has 3 aromatic heterocycles. The Morgan fingerprint density at radius 2 is 2.11 bits per heavy atom. The van der Waals surface area contributed by atoms with Crippen LogP contribution in [0.15, 0.2) is 59.7 Å². The number of pyridine rings is 2. The van der Waals surface area contributed by atoms with E-state index in [4.69, 9.17) is 4.98 Å². The van der Waals surface area contributed by atoms with Gasteiger partial charge in [-0.3, -0.25) is 14.8 Å². The normalized spacial score (nSPS) is 21.0. The maximum absolute atomic E-state index is 12.8. The lowest BCUT2D eigenvalue weighted by Gasteiger charge is -2.25. The van der Waals surface area contributed by atoms with Gasteiger partial charge >= 0.3 is 0 Å². The predicted molar refractivity (Wildman–Crippen MR) is 106 cm³/mol. The van der Waals surface area contributed by atoms with Crippen molar-refractivity contribution in [3.63, 3.8) is 0 Å². The molecular weight excluding hydrogens is 356 g/mol. The summed E-state index contributed by atoms with van der Waals surface area (Å²) in [7, 11) is 0. The van der Waals surface area contributed by atoms with E-state index in [0.29, 0.717) is 0 Å². The number of aromatic nitrogens is 2. The molecule has 0 saturated carbocycles. The average molecular weight is 376 g/mol. The van der Waals surface area contributed by atoms with E-state index < -0.39 is 0 Å². The van der Waals surface area contributed by atoms with Crippen LogP contribution in [-0.4, -0.2) is 40.4 Å². The van der Waals surface area contributed by atoms with Gasteiger partial charge < -0.3 is 9.80 Å². The summed E-state index contributed by atoms with van der Waals surface area (Å²) in [6, 6.07) is 10.1. The Morgan fingerprint density at radius 3 is 2.93 bits per heavy atom. The van der Waals surface area contributed by atoms with Crippen LogP contribution in [-0.2, 0) is 12.0 Å². The molecule has 0 aliphatic carbocycles. The molecule has 5 rings (SSSR count). The van der Waals surface area contributed by atoms with Crippen molar-refractivity contribution in [3.05, 3.63) is 76.5 Å². The summed E-state index contributed by atoms with van der Waals surface area (Å²) in [6.07, 6.45) is 6.55. The molecule has 1 saturated heterocycles. The highest BCUT2D eigenvalue weighted by Crippen LogP contribution is 2.45. The average Bonchev–Trinajstić information content (AvgIpc) is 3.44. The maximum Gasteiger partial charge on any atom is 0.254 e. The van der Waals surface area contributed by atoms with Gasteiger partial charge in [-0.05, 0) is 41.6 Å². The topological polar surface area (TPSA) is 49.3 Å². The molecule has 0 aromatic carbocycles. The third kappa shape index (κ3) is 2.80. The van der Waals surface area contributed by atoms with E-state index in [2.05, 4.69) is 22.0 Å². The number of hydrogen-bond donors (Lipinski definition) is 0. The van der Waals surface area contributed by atoms with E-state index in [9.17, 15) is 4.79 Å². The Kier molecular flexibility index (Phi) is 3.93. The molecule has 0 unspecified atom stereocenters. The van der Waals surface area contributed by atoms with E-state index in [0.717, 1.165) is 43.9 Å². The van der Waals surface area contributed by atoms with Crippen LogP contribution in [0.4, 0.5) is 5.69 Å². The third-order valence-electron chi connectivity index (χ3n) is 5.63. The molecule has 1 atom stereocenters. The number of amides is 1. The second-order valence-electron chi connectivity index (χ2n) is 7.36. The zero-order valence-corrected chi connectivity index (χ0v) is 15.7. The fourth-order valence-corrected chi connectivity index (χ4v) is 5.01. The molecule has 3 aromatic rings. The van der Waals surface area contributed by atoms with Crippen LogP contribution in [0.1, 0.15) is 28.0 Å². The number of nitrogens with zero attached hydrogens (tertiary/aromatic N) is 4. The predicted octanol–water partition coefficient (Wildman–Crippen LogP) is 3.34. The fraction of sp³-hybridized carbons (Fsp3) is 0.286. The van der Waals surface area contributed by atoms with Crippen molar-refractivity contribution in [2.45, 2.75) is 18.4 Å². The zero-order chi connectivity index (χ0) is 18.3. The van der Waals surface area contributed by atoms with E-state index in [-0.39, 0.29) is 11.3 Å². The molecule has 5 heterocycles. The Balaban J connectivity index is 1.43. The highest BCUT2D eigenvalue weighted by Gasteiger charge is 2.49. The molecular formula is C21H20N4OS. The fourth-order valence-electron chi connectivity index (χ4n) is 4.38. The Bertz CT molecular complexity index is 959. The molecule has 1 amide bonds. The minimum absolute atomic E-state index is 0.0789. The van der Waals surface area contributed by atoms with Crippen LogP contribution in [0.3, 0.4) is 0 Å². The van der Waals surface area contributed by atoms with Crippen LogP contribution in [0, 0.1) is 0 Å². The summed E-state index contributed by atoms with van der Waals surface area (Å²) in [4.78, 5) is 26.2. The Hall–Kier alpha value is -2.73. The first kappa shape index (κ1) is 16.4. The zero-order valence-electron chi connectivity index (χ0n) is 14.9. The first-order valence-corrected chi connectivity index (χ1v) is 10.1. The highest BCUT2D eigenvalue weighted by molar-refractivity contribution is 7.08. The van der Waals surface area contributed by atoms with Crippen LogP contribution in [0.5, 0.6) is 0 Å². The molecule has 27 heavy (non-hydrogen) atoms. The number of anilines is 1. The number of carbonyl (C=O) groups excluding carboxylic acids is 1. The van der Waals surface area contributed by atoms with Gasteiger partial charge in [0, 0.05) is 50.1 Å². The minimum Gasteiger partial charge on any atom is -0.365 e. The molecule has 0 bridgehead atoms. The second kappa shape index (κ2) is 6.46. The van der Waals surface area contributed by atoms with Crippen LogP contribution in [0.2, 0.25) is 0 Å². The summed E-state index contributed by atoms with van der Waals surface area (Å²) < 4.78 is 0. The summed E-state index contributed by atoms with van der Waals surface area (Å²) in [5, 5.41) is 3.89. The van der Waals surface area contributed by atoms with Crippen molar-refractivity contribution >= 4 is 22.9 Å². The monoisotopic (exact) mass is 376 g/mol. The quantitative estimate of drug-likeness (QED) is 0.703. The van der Waals surface area contributed by atoms with Crippen molar-refractivity contribution < 1.29 is 4.79 Å². The SMILES string of the molecule is O=C(c1ccsc1)N1CC[C@]2(C1)CN(Cc1cccnc1)c1cccnc12. The van der Waals surface area contributed by atoms with Gasteiger partial charge in [0.2, 0.25) is 0 Å². The van der Waals surface area contributed by atoms with Crippen LogP contribution < -0.4 is 4.90 Å². The van der Waals surface area contributed by atoms with Gasteiger partial charge in [0.05, 0.1) is 22.4 Å². The smallest absolute Gasteiger partial charge is 0.254 e. The molecule has 1 fully saturated rings. The molecule has 136 valence electrons. The number of likely N-dealkylation sites (tertiary alicyclic amines) is 1. The van der Waals surface area contributed by atoms with Crippen LogP contribution in [0.25, 0.3) is 0 Å². The van der Waals surface area contributed by atoms with E-state index in [1.807, 2.05) is 46.3 Å². The molecule has 2 aliphatic heterocycles. The summed E-state index contributed by atoms with van der Waals surface area (Å²) in [6.45, 7) is 3.22. The Labute approximate surface area is 162 Å². The van der Waals surface area contributed by atoms with Crippen molar-refractivity contribution in [2.75, 3.05) is 24.5 Å². The first-order valence-electron chi connectivity index (χ1n) is 9.16. The third-order valence-corrected chi connectivity index (χ3v) is 6.31. The number of hydrogen-bond acceptors (Lipinski definition) is 5. The molecule has 6 heteroatoms. The number of fused-ring (bicyclic) bond motifs is 2. The molecule has 0 N–H and O–H groups in total. The number of thiophene rings is 1. The highest BCUT2D eigenvalue weighted by atomic mass is 32.1. The standard InChI is InChI=1S/C21H20N4OS/c26-20(17-5-10-27-13-17)24-9-6-21(14-24)15-25(12-16-3-1-7-22-11-16)18-4-2-8-23-19(18)21/h1-5,7-8,10-11,13H,6,9,12,14-15H2/t21-/m0/s1. The number of rotatable bonds is 3. The second-order valence-corrected chi connectivity index (χ2v) is 8.14. The van der Waals surface area contributed by atoms with Gasteiger partial charge in [0.15, 0.2) is 0 Å². The Morgan fingerprint density at radius 1 is 1.19 bits per heavy atom. The first-order chi connectivity index (χ1) is 13.3. The summed E-state index contributed by atoms with van der Waals surface area (Å²) in [5.41, 5.74) is 4.22. The van der Waals surface area contributed by atoms with Gasteiger partial charge in [-0.25, -0.2) is 0 Å². The van der Waals surface area contributed by atoms with Gasteiger partial charge in [-0.2, -0.15) is 11.3 Å². The van der Waals surface area contributed by atoms with E-state index >= 15 is 0 Å². The van der Waals surface area contributed by atoms with Gasteiger partial charge in [-0.1, -0.05) is 6.07 Å². The van der Waals surface area contributed by atoms with Crippen molar-refractivity contribution in [3.8, 4) is 0 Å². The van der Waals surface area contributed by atoms with E-state index in [1.165, 1.54) is 11.3 Å². The lowest BCUT2D eigenvalue weighted by Crippen LogP contribution is -2.38. The van der Waals surface area contributed by atoms with Crippen molar-refractivity contribution in [2.24, 2.45) is 0 Å². The molecule has 5 nitrogen and oxygen atoms in total. The lowest BCUT2D eigenvalue weighted by molar-refractivity contribution is 0.0785. The van der Waals surface area contributed by atoms with Gasteiger partial charge in [0.1, 0.15) is 0 Å². The number of carbonyl (C=O) groups is 1. The summed E-state index contributed by atoms with van der Waals surface area (Å²) in [5.74, 6) is 0.135. The largest absolute Gasteiger partial charge is 0.365 e. The summed E-state index contributed by atoms with van der Waals surface area (Å²) >= 11 is 1.57. The van der Waals surface area contributed by atoms with Crippen LogP contribution >= 0.6 is 11.3 Å². The van der Waals surface area contributed by atoms with Crippen molar-refractivity contribution in [1.82, 2.24) is 14.9 Å². The van der Waals surface area contributed by atoms with E-state index in [1.54, 1.807) is 17.5 Å². The minimum atomic E-state index is -0.0789. The van der Waals surface area contributed by atoms with Crippen molar-refractivity contribution in [1.29, 1.82) is 0 Å². The molecule has 2 aliphatic rings. The molecule has 0 radical (unpaired) electrons. The molecule has 1 spiro atoms. The lowest BCUT2D eigenvalue weighted by atomic mass is 9.85. The maximum atomic E-state index is 12.8.